The second kappa shape index (κ2) is 6.37. The molecule has 0 bridgehead atoms. The molecule has 114 valence electrons. The van der Waals surface area contributed by atoms with Gasteiger partial charge >= 0.3 is 0 Å². The standard InChI is InChI=1S/C17H23ClN2O/c1-12-7-14(9-15(18)8-12)17(21)20(16-4-5-16)11-13-3-2-6-19-10-13/h7-9,13,16,19H,2-6,10-11H2,1H3. The molecule has 1 aliphatic carbocycles. The van der Waals surface area contributed by atoms with Crippen LogP contribution in [0.4, 0.5) is 0 Å². The third-order valence-electron chi connectivity index (χ3n) is 4.39. The van der Waals surface area contributed by atoms with Gasteiger partial charge in [-0.3, -0.25) is 4.79 Å². The van der Waals surface area contributed by atoms with Crippen molar-refractivity contribution in [1.29, 1.82) is 0 Å². The number of piperidine rings is 1. The fourth-order valence-corrected chi connectivity index (χ4v) is 3.46. The smallest absolute Gasteiger partial charge is 0.254 e. The van der Waals surface area contributed by atoms with E-state index in [4.69, 9.17) is 11.6 Å². The third-order valence-corrected chi connectivity index (χ3v) is 4.61. The van der Waals surface area contributed by atoms with Gasteiger partial charge in [0.2, 0.25) is 0 Å². The molecule has 1 unspecified atom stereocenters. The summed E-state index contributed by atoms with van der Waals surface area (Å²) in [6, 6.07) is 6.08. The molecule has 3 rings (SSSR count). The van der Waals surface area contributed by atoms with Gasteiger partial charge in [-0.2, -0.15) is 0 Å². The van der Waals surface area contributed by atoms with Gasteiger partial charge in [0.15, 0.2) is 0 Å². The lowest BCUT2D eigenvalue weighted by molar-refractivity contribution is 0.0704. The molecule has 1 saturated carbocycles. The highest BCUT2D eigenvalue weighted by Gasteiger charge is 2.34. The minimum atomic E-state index is 0.147. The van der Waals surface area contributed by atoms with Crippen LogP contribution in [0.15, 0.2) is 18.2 Å². The van der Waals surface area contributed by atoms with Gasteiger partial charge in [0, 0.05) is 23.2 Å². The van der Waals surface area contributed by atoms with E-state index in [1.807, 2.05) is 19.1 Å². The van der Waals surface area contributed by atoms with Crippen molar-refractivity contribution in [3.8, 4) is 0 Å². The number of halogens is 1. The number of carbonyl (C=O) groups excluding carboxylic acids is 1. The van der Waals surface area contributed by atoms with Crippen LogP contribution in [-0.4, -0.2) is 36.5 Å². The van der Waals surface area contributed by atoms with Crippen molar-refractivity contribution in [3.05, 3.63) is 34.3 Å². The van der Waals surface area contributed by atoms with Crippen LogP contribution in [0.25, 0.3) is 0 Å². The number of benzene rings is 1. The number of nitrogens with one attached hydrogen (secondary N) is 1. The maximum absolute atomic E-state index is 12.9. The summed E-state index contributed by atoms with van der Waals surface area (Å²) in [7, 11) is 0. The number of hydrogen-bond donors (Lipinski definition) is 1. The first kappa shape index (κ1) is 14.9. The van der Waals surface area contributed by atoms with Crippen molar-refractivity contribution in [3.63, 3.8) is 0 Å². The van der Waals surface area contributed by atoms with Crippen LogP contribution in [0.5, 0.6) is 0 Å². The van der Waals surface area contributed by atoms with Crippen molar-refractivity contribution in [2.45, 2.75) is 38.6 Å². The number of aryl methyl sites for hydroxylation is 1. The van der Waals surface area contributed by atoms with Gasteiger partial charge in [0.25, 0.3) is 5.91 Å². The Balaban J connectivity index is 1.74. The Morgan fingerprint density at radius 1 is 1.33 bits per heavy atom. The molecule has 1 amide bonds. The SMILES string of the molecule is Cc1cc(Cl)cc(C(=O)N(CC2CCCNC2)C2CC2)c1. The summed E-state index contributed by atoms with van der Waals surface area (Å²) >= 11 is 6.11. The molecule has 1 atom stereocenters. The van der Waals surface area contributed by atoms with Crippen molar-refractivity contribution >= 4 is 17.5 Å². The van der Waals surface area contributed by atoms with Crippen LogP contribution < -0.4 is 5.32 Å². The molecular formula is C17H23ClN2O. The lowest BCUT2D eigenvalue weighted by atomic mass is 9.98. The molecule has 1 aromatic carbocycles. The Morgan fingerprint density at radius 3 is 2.76 bits per heavy atom. The summed E-state index contributed by atoms with van der Waals surface area (Å²) in [4.78, 5) is 14.9. The van der Waals surface area contributed by atoms with E-state index in [1.54, 1.807) is 6.07 Å². The molecule has 0 radical (unpaired) electrons. The maximum Gasteiger partial charge on any atom is 0.254 e. The van der Waals surface area contributed by atoms with Gasteiger partial charge in [0.1, 0.15) is 0 Å². The lowest BCUT2D eigenvalue weighted by Crippen LogP contribution is -2.42. The maximum atomic E-state index is 12.9. The minimum absolute atomic E-state index is 0.147. The quantitative estimate of drug-likeness (QED) is 0.926. The van der Waals surface area contributed by atoms with Gasteiger partial charge in [-0.1, -0.05) is 11.6 Å². The number of rotatable bonds is 4. The fraction of sp³-hybridized carbons (Fsp3) is 0.588. The first-order chi connectivity index (χ1) is 10.1. The van der Waals surface area contributed by atoms with Gasteiger partial charge in [-0.15, -0.1) is 0 Å². The van der Waals surface area contributed by atoms with Crippen molar-refractivity contribution in [1.82, 2.24) is 10.2 Å². The molecule has 0 aromatic heterocycles. The van der Waals surface area contributed by atoms with E-state index in [-0.39, 0.29) is 5.91 Å². The number of hydrogen-bond acceptors (Lipinski definition) is 2. The Kier molecular flexibility index (Phi) is 4.51. The van der Waals surface area contributed by atoms with E-state index in [0.717, 1.165) is 43.6 Å². The Morgan fingerprint density at radius 2 is 2.14 bits per heavy atom. The Bertz CT molecular complexity index is 501. The summed E-state index contributed by atoms with van der Waals surface area (Å²) < 4.78 is 0. The van der Waals surface area contributed by atoms with E-state index in [2.05, 4.69) is 10.2 Å². The lowest BCUT2D eigenvalue weighted by Gasteiger charge is -2.30. The molecule has 3 nitrogen and oxygen atoms in total. The monoisotopic (exact) mass is 306 g/mol. The molecule has 21 heavy (non-hydrogen) atoms. The van der Waals surface area contributed by atoms with Crippen LogP contribution >= 0.6 is 11.6 Å². The van der Waals surface area contributed by atoms with Gasteiger partial charge in [-0.25, -0.2) is 0 Å². The second-order valence-corrected chi connectivity index (χ2v) is 6.85. The van der Waals surface area contributed by atoms with Crippen LogP contribution in [0, 0.1) is 12.8 Å². The van der Waals surface area contributed by atoms with Gasteiger partial charge in [0.05, 0.1) is 0 Å². The molecule has 2 fully saturated rings. The molecule has 0 spiro atoms. The molecule has 1 heterocycles. The molecule has 1 saturated heterocycles. The van der Waals surface area contributed by atoms with Crippen molar-refractivity contribution in [2.75, 3.05) is 19.6 Å². The van der Waals surface area contributed by atoms with E-state index in [0.29, 0.717) is 17.0 Å². The Labute approximate surface area is 131 Å². The number of amides is 1. The van der Waals surface area contributed by atoms with Crippen molar-refractivity contribution < 1.29 is 4.79 Å². The van der Waals surface area contributed by atoms with Crippen molar-refractivity contribution in [2.24, 2.45) is 5.92 Å². The van der Waals surface area contributed by atoms with Gasteiger partial charge in [-0.05, 0) is 75.4 Å². The van der Waals surface area contributed by atoms with E-state index in [9.17, 15) is 4.79 Å². The molecule has 1 aliphatic heterocycles. The number of carbonyl (C=O) groups is 1. The first-order valence-corrected chi connectivity index (χ1v) is 8.30. The van der Waals surface area contributed by atoms with E-state index >= 15 is 0 Å². The van der Waals surface area contributed by atoms with Crippen LogP contribution in [0.3, 0.4) is 0 Å². The molecular weight excluding hydrogens is 284 g/mol. The second-order valence-electron chi connectivity index (χ2n) is 6.42. The molecule has 1 N–H and O–H groups in total. The van der Waals surface area contributed by atoms with Crippen LogP contribution in [-0.2, 0) is 0 Å². The highest BCUT2D eigenvalue weighted by molar-refractivity contribution is 6.31. The first-order valence-electron chi connectivity index (χ1n) is 7.92. The van der Waals surface area contributed by atoms with E-state index < -0.39 is 0 Å². The fourth-order valence-electron chi connectivity index (χ4n) is 3.17. The summed E-state index contributed by atoms with van der Waals surface area (Å²) in [6.45, 7) is 5.00. The Hall–Kier alpha value is -1.06. The zero-order valence-corrected chi connectivity index (χ0v) is 13.3. The summed E-state index contributed by atoms with van der Waals surface area (Å²) in [6.07, 6.45) is 4.72. The highest BCUT2D eigenvalue weighted by atomic mass is 35.5. The summed E-state index contributed by atoms with van der Waals surface area (Å²) in [5, 5.41) is 4.08. The normalized spacial score (nSPS) is 22.1. The van der Waals surface area contributed by atoms with Crippen LogP contribution in [0.2, 0.25) is 5.02 Å². The highest BCUT2D eigenvalue weighted by Crippen LogP contribution is 2.30. The molecule has 2 aliphatic rings. The molecule has 4 heteroatoms. The summed E-state index contributed by atoms with van der Waals surface area (Å²) in [5.74, 6) is 0.734. The third kappa shape index (κ3) is 3.78. The zero-order chi connectivity index (χ0) is 14.8. The van der Waals surface area contributed by atoms with E-state index in [1.165, 1.54) is 12.8 Å². The summed E-state index contributed by atoms with van der Waals surface area (Å²) in [5.41, 5.74) is 1.77. The average Bonchev–Trinajstić information content (AvgIpc) is 3.29. The topological polar surface area (TPSA) is 32.3 Å². The predicted molar refractivity (Wildman–Crippen MR) is 85.8 cm³/mol. The average molecular weight is 307 g/mol. The zero-order valence-electron chi connectivity index (χ0n) is 12.6. The number of nitrogens with zero attached hydrogens (tertiary/aromatic N) is 1. The van der Waals surface area contributed by atoms with Crippen LogP contribution in [0.1, 0.15) is 41.6 Å². The largest absolute Gasteiger partial charge is 0.335 e. The van der Waals surface area contributed by atoms with Gasteiger partial charge < -0.3 is 10.2 Å². The minimum Gasteiger partial charge on any atom is -0.335 e. The predicted octanol–water partition coefficient (Wildman–Crippen LogP) is 3.25. The molecule has 1 aromatic rings.